The van der Waals surface area contributed by atoms with Gasteiger partial charge in [-0.25, -0.2) is 0 Å². The summed E-state index contributed by atoms with van der Waals surface area (Å²) in [5.74, 6) is 5.91. The zero-order valence-electron chi connectivity index (χ0n) is 12.0. The van der Waals surface area contributed by atoms with Crippen LogP contribution in [-0.2, 0) is 0 Å². The van der Waals surface area contributed by atoms with Crippen LogP contribution in [-0.4, -0.2) is 17.5 Å². The van der Waals surface area contributed by atoms with Gasteiger partial charge < -0.3 is 15.5 Å². The summed E-state index contributed by atoms with van der Waals surface area (Å²) >= 11 is 0. The molecule has 2 rings (SSSR count). The van der Waals surface area contributed by atoms with E-state index in [2.05, 4.69) is 15.7 Å². The van der Waals surface area contributed by atoms with E-state index in [0.29, 0.717) is 23.5 Å². The minimum absolute atomic E-state index is 0.278. The van der Waals surface area contributed by atoms with Crippen LogP contribution < -0.4 is 21.3 Å². The minimum atomic E-state index is -0.278. The molecule has 0 aliphatic carbocycles. The van der Waals surface area contributed by atoms with Gasteiger partial charge in [0.05, 0.1) is 17.9 Å². The molecule has 0 aliphatic rings. The van der Waals surface area contributed by atoms with Gasteiger partial charge in [-0.15, -0.1) is 0 Å². The first kappa shape index (κ1) is 14.8. The summed E-state index contributed by atoms with van der Waals surface area (Å²) in [4.78, 5) is 16.4. The third-order valence-corrected chi connectivity index (χ3v) is 2.86. The van der Waals surface area contributed by atoms with E-state index in [-0.39, 0.29) is 5.91 Å². The molecule has 110 valence electrons. The molecule has 0 aliphatic heterocycles. The van der Waals surface area contributed by atoms with Crippen molar-refractivity contribution in [3.05, 3.63) is 47.8 Å². The zero-order valence-corrected chi connectivity index (χ0v) is 12.0. The molecule has 0 saturated carbocycles. The second-order valence-electron chi connectivity index (χ2n) is 4.43. The first-order valence-corrected chi connectivity index (χ1v) is 6.61. The molecule has 6 nitrogen and oxygen atoms in total. The normalized spacial score (nSPS) is 10.0. The van der Waals surface area contributed by atoms with E-state index >= 15 is 0 Å². The summed E-state index contributed by atoms with van der Waals surface area (Å²) in [7, 11) is 0. The van der Waals surface area contributed by atoms with Gasteiger partial charge in [-0.3, -0.25) is 15.6 Å². The molecular formula is C15H18N4O2. The molecule has 0 saturated heterocycles. The van der Waals surface area contributed by atoms with E-state index in [1.807, 2.05) is 13.8 Å². The Morgan fingerprint density at radius 1 is 1.33 bits per heavy atom. The van der Waals surface area contributed by atoms with Crippen molar-refractivity contribution in [2.75, 3.05) is 17.3 Å². The third-order valence-electron chi connectivity index (χ3n) is 2.86. The summed E-state index contributed by atoms with van der Waals surface area (Å²) in [6.45, 7) is 4.35. The number of carbonyl (C=O) groups is 1. The predicted molar refractivity (Wildman–Crippen MR) is 82.3 cm³/mol. The number of nitrogen functional groups attached to an aromatic ring is 1. The van der Waals surface area contributed by atoms with E-state index in [9.17, 15) is 4.79 Å². The molecule has 1 aromatic carbocycles. The van der Waals surface area contributed by atoms with E-state index in [1.54, 1.807) is 30.3 Å². The van der Waals surface area contributed by atoms with E-state index < -0.39 is 0 Å². The van der Waals surface area contributed by atoms with Crippen LogP contribution >= 0.6 is 0 Å². The number of rotatable bonds is 5. The highest BCUT2D eigenvalue weighted by atomic mass is 16.5. The fraction of sp³-hybridized carbons (Fsp3) is 0.200. The minimum Gasteiger partial charge on any atom is -0.494 e. The van der Waals surface area contributed by atoms with E-state index in [0.717, 1.165) is 11.4 Å². The van der Waals surface area contributed by atoms with Crippen molar-refractivity contribution in [1.29, 1.82) is 0 Å². The van der Waals surface area contributed by atoms with Gasteiger partial charge in [0.25, 0.3) is 5.91 Å². The number of aryl methyl sites for hydroxylation is 1. The second kappa shape index (κ2) is 6.71. The lowest BCUT2D eigenvalue weighted by Crippen LogP contribution is -2.18. The van der Waals surface area contributed by atoms with Gasteiger partial charge in [0.15, 0.2) is 0 Å². The highest BCUT2D eigenvalue weighted by Crippen LogP contribution is 2.19. The van der Waals surface area contributed by atoms with Crippen LogP contribution in [0.2, 0.25) is 0 Å². The van der Waals surface area contributed by atoms with Crippen molar-refractivity contribution in [3.8, 4) is 5.75 Å². The molecule has 1 aromatic heterocycles. The van der Waals surface area contributed by atoms with Crippen molar-refractivity contribution in [2.45, 2.75) is 13.8 Å². The highest BCUT2D eigenvalue weighted by molar-refractivity contribution is 6.07. The second-order valence-corrected chi connectivity index (χ2v) is 4.43. The summed E-state index contributed by atoms with van der Waals surface area (Å²) in [5.41, 5.74) is 4.88. The van der Waals surface area contributed by atoms with Gasteiger partial charge in [-0.05, 0) is 44.2 Å². The van der Waals surface area contributed by atoms with Crippen molar-refractivity contribution in [3.63, 3.8) is 0 Å². The van der Waals surface area contributed by atoms with Crippen LogP contribution in [0.15, 0.2) is 36.5 Å². The van der Waals surface area contributed by atoms with Gasteiger partial charge in [0.1, 0.15) is 5.75 Å². The number of carbonyl (C=O) groups excluding carboxylic acids is 1. The van der Waals surface area contributed by atoms with Crippen LogP contribution in [0.25, 0.3) is 0 Å². The molecule has 0 bridgehead atoms. The Kier molecular flexibility index (Phi) is 4.73. The Labute approximate surface area is 123 Å². The standard InChI is InChI=1S/C15H18N4O2/c1-3-21-12-6-4-11(5-7-12)18-15(20)13-9-17-10(2)8-14(13)19-16/h4-9H,3,16H2,1-2H3,(H,17,19)(H,18,20). The van der Waals surface area contributed by atoms with Gasteiger partial charge in [-0.2, -0.15) is 0 Å². The van der Waals surface area contributed by atoms with Crippen molar-refractivity contribution < 1.29 is 9.53 Å². The van der Waals surface area contributed by atoms with Gasteiger partial charge in [-0.1, -0.05) is 0 Å². The zero-order chi connectivity index (χ0) is 15.2. The van der Waals surface area contributed by atoms with Crippen LogP contribution in [0.3, 0.4) is 0 Å². The molecule has 1 heterocycles. The summed E-state index contributed by atoms with van der Waals surface area (Å²) in [6.07, 6.45) is 1.49. The SMILES string of the molecule is CCOc1ccc(NC(=O)c2cnc(C)cc2NN)cc1. The first-order chi connectivity index (χ1) is 10.1. The van der Waals surface area contributed by atoms with Gasteiger partial charge in [0, 0.05) is 17.6 Å². The smallest absolute Gasteiger partial charge is 0.259 e. The number of ether oxygens (including phenoxy) is 1. The molecule has 2 aromatic rings. The lowest BCUT2D eigenvalue weighted by Gasteiger charge is -2.10. The van der Waals surface area contributed by atoms with Gasteiger partial charge in [0.2, 0.25) is 0 Å². The molecule has 0 atom stereocenters. The Hall–Kier alpha value is -2.60. The predicted octanol–water partition coefficient (Wildman–Crippen LogP) is 2.33. The monoisotopic (exact) mass is 286 g/mol. The Balaban J connectivity index is 2.14. The maximum absolute atomic E-state index is 12.2. The highest BCUT2D eigenvalue weighted by Gasteiger charge is 2.12. The lowest BCUT2D eigenvalue weighted by molar-refractivity contribution is 0.102. The molecular weight excluding hydrogens is 268 g/mol. The molecule has 0 spiro atoms. The Morgan fingerprint density at radius 2 is 2.05 bits per heavy atom. The number of nitrogens with two attached hydrogens (primary N) is 1. The Bertz CT molecular complexity index is 626. The number of hydrogen-bond donors (Lipinski definition) is 3. The number of pyridine rings is 1. The number of nitrogens with zero attached hydrogens (tertiary/aromatic N) is 1. The number of benzene rings is 1. The van der Waals surface area contributed by atoms with E-state index in [1.165, 1.54) is 6.20 Å². The number of aromatic nitrogens is 1. The number of hydrazine groups is 1. The van der Waals surface area contributed by atoms with Crippen LogP contribution in [0, 0.1) is 6.92 Å². The maximum atomic E-state index is 12.2. The summed E-state index contributed by atoms with van der Waals surface area (Å²) < 4.78 is 5.35. The number of hydrogen-bond acceptors (Lipinski definition) is 5. The molecule has 0 unspecified atom stereocenters. The fourth-order valence-electron chi connectivity index (χ4n) is 1.86. The number of anilines is 2. The van der Waals surface area contributed by atoms with Crippen LogP contribution in [0.5, 0.6) is 5.75 Å². The molecule has 0 radical (unpaired) electrons. The Morgan fingerprint density at radius 3 is 2.67 bits per heavy atom. The van der Waals surface area contributed by atoms with Crippen LogP contribution in [0.4, 0.5) is 11.4 Å². The molecule has 21 heavy (non-hydrogen) atoms. The number of amides is 1. The quantitative estimate of drug-likeness (QED) is 0.580. The first-order valence-electron chi connectivity index (χ1n) is 6.61. The fourth-order valence-corrected chi connectivity index (χ4v) is 1.86. The average molecular weight is 286 g/mol. The van der Waals surface area contributed by atoms with Crippen molar-refractivity contribution >= 4 is 17.3 Å². The van der Waals surface area contributed by atoms with Crippen LogP contribution in [0.1, 0.15) is 23.0 Å². The van der Waals surface area contributed by atoms with E-state index in [4.69, 9.17) is 10.6 Å². The summed E-state index contributed by atoms with van der Waals surface area (Å²) in [6, 6.07) is 8.87. The topological polar surface area (TPSA) is 89.3 Å². The maximum Gasteiger partial charge on any atom is 0.259 e. The largest absolute Gasteiger partial charge is 0.494 e. The molecule has 0 fully saturated rings. The lowest BCUT2D eigenvalue weighted by atomic mass is 10.2. The van der Waals surface area contributed by atoms with Crippen molar-refractivity contribution in [1.82, 2.24) is 4.98 Å². The average Bonchev–Trinajstić information content (AvgIpc) is 2.49. The third kappa shape index (κ3) is 3.70. The number of nitrogens with one attached hydrogen (secondary N) is 2. The molecule has 6 heteroatoms. The van der Waals surface area contributed by atoms with Gasteiger partial charge >= 0.3 is 0 Å². The van der Waals surface area contributed by atoms with Crippen molar-refractivity contribution in [2.24, 2.45) is 5.84 Å². The molecule has 1 amide bonds. The summed E-state index contributed by atoms with van der Waals surface area (Å²) in [5, 5.41) is 2.79. The molecule has 4 N–H and O–H groups in total.